The highest BCUT2D eigenvalue weighted by molar-refractivity contribution is 5.75. The third-order valence-electron chi connectivity index (χ3n) is 4.70. The van der Waals surface area contributed by atoms with Crippen molar-refractivity contribution in [1.82, 2.24) is 25.0 Å². The minimum Gasteiger partial charge on any atom is -0.366 e. The fourth-order valence-electron chi connectivity index (χ4n) is 3.89. The van der Waals surface area contributed by atoms with E-state index in [0.29, 0.717) is 25.6 Å². The number of hydrogen-bond donors (Lipinski definition) is 1. The number of urea groups is 1. The fourth-order valence-corrected chi connectivity index (χ4v) is 3.89. The molecule has 1 N–H and O–H groups in total. The molecule has 0 radical (unpaired) electrons. The van der Waals surface area contributed by atoms with Crippen molar-refractivity contribution in [2.75, 3.05) is 13.1 Å². The number of fused-ring (bicyclic) bond motifs is 1. The van der Waals surface area contributed by atoms with Gasteiger partial charge in [-0.1, -0.05) is 13.8 Å². The Kier molecular flexibility index (Phi) is 4.56. The van der Waals surface area contributed by atoms with Crippen LogP contribution in [0.4, 0.5) is 4.79 Å². The van der Waals surface area contributed by atoms with Crippen LogP contribution < -0.4 is 5.32 Å². The van der Waals surface area contributed by atoms with Gasteiger partial charge in [0.2, 0.25) is 0 Å². The minimum atomic E-state index is -0.336. The molecule has 2 aliphatic rings. The van der Waals surface area contributed by atoms with Crippen molar-refractivity contribution in [3.05, 3.63) is 11.6 Å². The highest BCUT2D eigenvalue weighted by Crippen LogP contribution is 2.28. The van der Waals surface area contributed by atoms with Crippen LogP contribution in [-0.4, -0.2) is 56.0 Å². The summed E-state index contributed by atoms with van der Waals surface area (Å²) in [5.41, 5.74) is -0.673. The van der Waals surface area contributed by atoms with E-state index in [9.17, 15) is 4.79 Å². The second-order valence-electron chi connectivity index (χ2n) is 8.89. The van der Waals surface area contributed by atoms with E-state index in [1.165, 1.54) is 0 Å². The third kappa shape index (κ3) is 4.14. The van der Waals surface area contributed by atoms with Gasteiger partial charge in [0, 0.05) is 12.3 Å². The smallest absolute Gasteiger partial charge is 0.317 e. The van der Waals surface area contributed by atoms with Crippen molar-refractivity contribution in [2.45, 2.75) is 84.1 Å². The van der Waals surface area contributed by atoms with E-state index >= 15 is 0 Å². The van der Waals surface area contributed by atoms with Gasteiger partial charge in [-0.25, -0.2) is 14.5 Å². The molecule has 2 amide bonds. The van der Waals surface area contributed by atoms with Crippen LogP contribution in [0.5, 0.6) is 0 Å². The van der Waals surface area contributed by atoms with Crippen LogP contribution in [0.25, 0.3) is 0 Å². The molecule has 1 fully saturated rings. The average molecular weight is 349 g/mol. The van der Waals surface area contributed by atoms with Gasteiger partial charge in [-0.3, -0.25) is 0 Å². The minimum absolute atomic E-state index is 0.0119. The highest BCUT2D eigenvalue weighted by atomic mass is 16.5. The molecule has 1 aromatic heterocycles. The normalized spacial score (nSPS) is 24.9. The van der Waals surface area contributed by atoms with Crippen LogP contribution in [-0.2, 0) is 17.7 Å². The zero-order valence-electron chi connectivity index (χ0n) is 16.3. The fraction of sp³-hybridized carbons (Fsp3) is 0.833. The van der Waals surface area contributed by atoms with Gasteiger partial charge in [0.05, 0.1) is 36.9 Å². The van der Waals surface area contributed by atoms with E-state index in [1.807, 2.05) is 37.3 Å². The van der Waals surface area contributed by atoms with Gasteiger partial charge in [0.1, 0.15) is 5.82 Å². The van der Waals surface area contributed by atoms with Crippen molar-refractivity contribution in [1.29, 1.82) is 0 Å². The lowest BCUT2D eigenvalue weighted by Crippen LogP contribution is -2.61. The Labute approximate surface area is 150 Å². The lowest BCUT2D eigenvalue weighted by molar-refractivity contribution is -0.170. The Hall–Kier alpha value is -1.63. The number of amides is 2. The van der Waals surface area contributed by atoms with E-state index < -0.39 is 0 Å². The summed E-state index contributed by atoms with van der Waals surface area (Å²) in [6.07, 6.45) is 1.75. The zero-order valence-corrected chi connectivity index (χ0v) is 16.3. The molecule has 3 heterocycles. The molecular formula is C18H31N5O2. The van der Waals surface area contributed by atoms with E-state index in [-0.39, 0.29) is 23.3 Å². The molecule has 0 spiro atoms. The van der Waals surface area contributed by atoms with Crippen molar-refractivity contribution in [3.63, 3.8) is 0 Å². The monoisotopic (exact) mass is 349 g/mol. The van der Waals surface area contributed by atoms with Crippen LogP contribution in [0, 0.1) is 0 Å². The molecule has 0 saturated carbocycles. The summed E-state index contributed by atoms with van der Waals surface area (Å²) >= 11 is 0. The highest BCUT2D eigenvalue weighted by Gasteiger charge is 2.40. The maximum Gasteiger partial charge on any atom is 0.317 e. The zero-order chi connectivity index (χ0) is 18.4. The molecule has 7 nitrogen and oxygen atoms in total. The van der Waals surface area contributed by atoms with Crippen LogP contribution in [0.2, 0.25) is 0 Å². The van der Waals surface area contributed by atoms with E-state index in [0.717, 1.165) is 24.5 Å². The Morgan fingerprint density at radius 1 is 1.24 bits per heavy atom. The van der Waals surface area contributed by atoms with Gasteiger partial charge < -0.3 is 15.0 Å². The molecule has 1 unspecified atom stereocenters. The van der Waals surface area contributed by atoms with Crippen molar-refractivity contribution >= 4 is 6.03 Å². The Morgan fingerprint density at radius 2 is 1.88 bits per heavy atom. The first kappa shape index (κ1) is 18.2. The molecule has 0 bridgehead atoms. The number of carbonyl (C=O) groups is 1. The SMILES string of the molecule is CC(C)c1nc2n(n1)CC(NC(=O)N1CC(C)(C)OC(C)(C)C1)CC2. The first-order valence-corrected chi connectivity index (χ1v) is 9.24. The van der Waals surface area contributed by atoms with E-state index in [4.69, 9.17) is 4.74 Å². The summed E-state index contributed by atoms with van der Waals surface area (Å²) < 4.78 is 8.01. The molecule has 7 heteroatoms. The van der Waals surface area contributed by atoms with Crippen LogP contribution in [0.15, 0.2) is 0 Å². The summed E-state index contributed by atoms with van der Waals surface area (Å²) in [5, 5.41) is 7.77. The predicted octanol–water partition coefficient (Wildman–Crippen LogP) is 2.32. The van der Waals surface area contributed by atoms with Gasteiger partial charge in [-0.2, -0.15) is 5.10 Å². The quantitative estimate of drug-likeness (QED) is 0.889. The molecule has 1 atom stereocenters. The molecule has 2 aliphatic heterocycles. The van der Waals surface area contributed by atoms with Crippen LogP contribution in [0.3, 0.4) is 0 Å². The lowest BCUT2D eigenvalue weighted by atomic mass is 9.99. The topological polar surface area (TPSA) is 72.3 Å². The Balaban J connectivity index is 1.63. The van der Waals surface area contributed by atoms with E-state index in [2.05, 4.69) is 29.2 Å². The van der Waals surface area contributed by atoms with Gasteiger partial charge >= 0.3 is 6.03 Å². The molecule has 3 rings (SSSR count). The summed E-state index contributed by atoms with van der Waals surface area (Å²) in [7, 11) is 0. The molecule has 25 heavy (non-hydrogen) atoms. The number of aromatic nitrogens is 3. The number of hydrogen-bond acceptors (Lipinski definition) is 4. The Bertz CT molecular complexity index is 634. The summed E-state index contributed by atoms with van der Waals surface area (Å²) in [4.78, 5) is 19.3. The molecule has 140 valence electrons. The average Bonchev–Trinajstić information content (AvgIpc) is 2.87. The number of morpholine rings is 1. The lowest BCUT2D eigenvalue weighted by Gasteiger charge is -2.47. The first-order chi connectivity index (χ1) is 11.5. The summed E-state index contributed by atoms with van der Waals surface area (Å²) in [6, 6.07) is 0.0814. The number of nitrogens with one attached hydrogen (secondary N) is 1. The van der Waals surface area contributed by atoms with Gasteiger partial charge in [-0.05, 0) is 34.1 Å². The number of carbonyl (C=O) groups excluding carboxylic acids is 1. The summed E-state index contributed by atoms with van der Waals surface area (Å²) in [6.45, 7) is 14.2. The number of nitrogens with zero attached hydrogens (tertiary/aromatic N) is 4. The molecular weight excluding hydrogens is 318 g/mol. The summed E-state index contributed by atoms with van der Waals surface area (Å²) in [5.74, 6) is 2.24. The van der Waals surface area contributed by atoms with Crippen LogP contribution in [0.1, 0.15) is 65.5 Å². The molecule has 0 aromatic carbocycles. The number of ether oxygens (including phenoxy) is 1. The van der Waals surface area contributed by atoms with Gasteiger partial charge in [-0.15, -0.1) is 0 Å². The second kappa shape index (κ2) is 6.27. The number of aryl methyl sites for hydroxylation is 1. The van der Waals surface area contributed by atoms with E-state index in [1.54, 1.807) is 0 Å². The first-order valence-electron chi connectivity index (χ1n) is 9.24. The van der Waals surface area contributed by atoms with Crippen molar-refractivity contribution < 1.29 is 9.53 Å². The number of rotatable bonds is 2. The van der Waals surface area contributed by atoms with Gasteiger partial charge in [0.25, 0.3) is 0 Å². The van der Waals surface area contributed by atoms with Crippen molar-refractivity contribution in [2.24, 2.45) is 0 Å². The maximum absolute atomic E-state index is 12.8. The Morgan fingerprint density at radius 3 is 2.48 bits per heavy atom. The van der Waals surface area contributed by atoms with Gasteiger partial charge in [0.15, 0.2) is 5.82 Å². The molecule has 0 aliphatic carbocycles. The second-order valence-corrected chi connectivity index (χ2v) is 8.89. The largest absolute Gasteiger partial charge is 0.366 e. The van der Waals surface area contributed by atoms with Crippen molar-refractivity contribution in [3.8, 4) is 0 Å². The molecule has 1 aromatic rings. The predicted molar refractivity (Wildman–Crippen MR) is 95.6 cm³/mol. The molecule has 1 saturated heterocycles. The van der Waals surface area contributed by atoms with Crippen LogP contribution >= 0.6 is 0 Å². The maximum atomic E-state index is 12.8. The third-order valence-corrected chi connectivity index (χ3v) is 4.70. The standard InChI is InChI=1S/C18H31N5O2/c1-12(2)15-20-14-8-7-13(9-23(14)21-15)19-16(24)22-10-17(3,4)25-18(5,6)11-22/h12-13H,7-11H2,1-6H3,(H,19,24).